The summed E-state index contributed by atoms with van der Waals surface area (Å²) >= 11 is 0. The predicted octanol–water partition coefficient (Wildman–Crippen LogP) is 2.97. The number of amides is 1. The van der Waals surface area contributed by atoms with Crippen LogP contribution in [0.5, 0.6) is 0 Å². The van der Waals surface area contributed by atoms with Crippen LogP contribution >= 0.6 is 0 Å². The SMILES string of the molecule is CC(=O)c1ccc(N2CCN(C(=O)[C@H]3C[C@H]4CC[C@H]3C4)CC2)cc1. The fourth-order valence-corrected chi connectivity index (χ4v) is 4.87. The van der Waals surface area contributed by atoms with E-state index in [1.807, 2.05) is 24.3 Å². The van der Waals surface area contributed by atoms with Gasteiger partial charge in [-0.15, -0.1) is 0 Å². The number of carbonyl (C=O) groups is 2. The van der Waals surface area contributed by atoms with E-state index >= 15 is 0 Å². The van der Waals surface area contributed by atoms with Gasteiger partial charge in [-0.2, -0.15) is 0 Å². The van der Waals surface area contributed by atoms with E-state index < -0.39 is 0 Å². The minimum atomic E-state index is 0.0998. The maximum Gasteiger partial charge on any atom is 0.226 e. The molecule has 1 amide bonds. The van der Waals surface area contributed by atoms with Gasteiger partial charge in [0.1, 0.15) is 0 Å². The van der Waals surface area contributed by atoms with Gasteiger partial charge in [0.2, 0.25) is 5.91 Å². The largest absolute Gasteiger partial charge is 0.368 e. The summed E-state index contributed by atoms with van der Waals surface area (Å²) in [5.41, 5.74) is 1.90. The number of rotatable bonds is 3. The van der Waals surface area contributed by atoms with Gasteiger partial charge >= 0.3 is 0 Å². The summed E-state index contributed by atoms with van der Waals surface area (Å²) in [6.45, 7) is 5.00. The lowest BCUT2D eigenvalue weighted by atomic mass is 9.87. The second kappa shape index (κ2) is 6.23. The van der Waals surface area contributed by atoms with Crippen LogP contribution in [0.15, 0.2) is 24.3 Å². The molecule has 4 nitrogen and oxygen atoms in total. The summed E-state index contributed by atoms with van der Waals surface area (Å²) in [7, 11) is 0. The maximum atomic E-state index is 12.8. The molecule has 3 aliphatic rings. The zero-order valence-corrected chi connectivity index (χ0v) is 14.4. The van der Waals surface area contributed by atoms with Crippen LogP contribution in [0.3, 0.4) is 0 Å². The molecule has 1 aliphatic heterocycles. The van der Waals surface area contributed by atoms with Crippen LogP contribution in [0.25, 0.3) is 0 Å². The summed E-state index contributed by atoms with van der Waals surface area (Å²) in [5.74, 6) is 2.31. The standard InChI is InChI=1S/C20H26N2O2/c1-14(23)16-4-6-18(7-5-16)21-8-10-22(11-9-21)20(24)19-13-15-2-3-17(19)12-15/h4-7,15,17,19H,2-3,8-13H2,1H3/t15-,17-,19-/m0/s1. The number of hydrogen-bond acceptors (Lipinski definition) is 3. The summed E-state index contributed by atoms with van der Waals surface area (Å²) < 4.78 is 0. The fourth-order valence-electron chi connectivity index (χ4n) is 4.87. The molecule has 1 aromatic rings. The number of anilines is 1. The van der Waals surface area contributed by atoms with Gasteiger partial charge in [0, 0.05) is 43.3 Å². The molecule has 4 rings (SSSR count). The van der Waals surface area contributed by atoms with Gasteiger partial charge in [-0.05, 0) is 62.3 Å². The van der Waals surface area contributed by atoms with Gasteiger partial charge in [0.05, 0.1) is 0 Å². The van der Waals surface area contributed by atoms with Crippen molar-refractivity contribution >= 4 is 17.4 Å². The lowest BCUT2D eigenvalue weighted by molar-refractivity contribution is -0.137. The van der Waals surface area contributed by atoms with Crippen LogP contribution in [0.4, 0.5) is 5.69 Å². The zero-order chi connectivity index (χ0) is 16.7. The Kier molecular flexibility index (Phi) is 4.07. The monoisotopic (exact) mass is 326 g/mol. The molecule has 0 unspecified atom stereocenters. The van der Waals surface area contributed by atoms with Crippen LogP contribution in [-0.4, -0.2) is 42.8 Å². The lowest BCUT2D eigenvalue weighted by Crippen LogP contribution is -2.51. The van der Waals surface area contributed by atoms with Crippen LogP contribution in [0, 0.1) is 17.8 Å². The van der Waals surface area contributed by atoms with Crippen molar-refractivity contribution in [3.8, 4) is 0 Å². The highest BCUT2D eigenvalue weighted by Gasteiger charge is 2.44. The first-order chi connectivity index (χ1) is 11.6. The number of hydrogen-bond donors (Lipinski definition) is 0. The molecule has 128 valence electrons. The molecule has 3 atom stereocenters. The Morgan fingerprint density at radius 3 is 2.21 bits per heavy atom. The number of Topliss-reactive ketones (excluding diaryl/α,β-unsaturated/α-hetero) is 1. The highest BCUT2D eigenvalue weighted by molar-refractivity contribution is 5.94. The molecule has 2 aliphatic carbocycles. The Balaban J connectivity index is 1.34. The van der Waals surface area contributed by atoms with E-state index in [2.05, 4.69) is 9.80 Å². The minimum absolute atomic E-state index is 0.0998. The van der Waals surface area contributed by atoms with E-state index in [1.54, 1.807) is 6.92 Å². The number of carbonyl (C=O) groups excluding carboxylic acids is 2. The van der Waals surface area contributed by atoms with Crippen molar-refractivity contribution in [1.29, 1.82) is 0 Å². The van der Waals surface area contributed by atoms with Crippen LogP contribution in [0.2, 0.25) is 0 Å². The molecule has 2 saturated carbocycles. The van der Waals surface area contributed by atoms with Crippen molar-refractivity contribution in [3.63, 3.8) is 0 Å². The molecule has 1 heterocycles. The van der Waals surface area contributed by atoms with Crippen molar-refractivity contribution in [1.82, 2.24) is 4.90 Å². The number of piperazine rings is 1. The van der Waals surface area contributed by atoms with Crippen molar-refractivity contribution in [3.05, 3.63) is 29.8 Å². The summed E-state index contributed by atoms with van der Waals surface area (Å²) in [4.78, 5) is 28.6. The molecule has 0 N–H and O–H groups in total. The average Bonchev–Trinajstić information content (AvgIpc) is 3.25. The van der Waals surface area contributed by atoms with E-state index in [1.165, 1.54) is 19.3 Å². The van der Waals surface area contributed by atoms with Crippen molar-refractivity contribution in [2.45, 2.75) is 32.6 Å². The summed E-state index contributed by atoms with van der Waals surface area (Å²) in [5, 5.41) is 0. The first-order valence-corrected chi connectivity index (χ1v) is 9.26. The fraction of sp³-hybridized carbons (Fsp3) is 0.600. The predicted molar refractivity (Wildman–Crippen MR) is 94.2 cm³/mol. The second-order valence-corrected chi connectivity index (χ2v) is 7.70. The van der Waals surface area contributed by atoms with Crippen LogP contribution in [-0.2, 0) is 4.79 Å². The molecule has 2 bridgehead atoms. The van der Waals surface area contributed by atoms with Crippen LogP contribution in [0.1, 0.15) is 43.0 Å². The van der Waals surface area contributed by atoms with Crippen molar-refractivity contribution in [2.24, 2.45) is 17.8 Å². The average molecular weight is 326 g/mol. The van der Waals surface area contributed by atoms with E-state index in [4.69, 9.17) is 0 Å². The Morgan fingerprint density at radius 1 is 0.958 bits per heavy atom. The van der Waals surface area contributed by atoms with E-state index in [9.17, 15) is 9.59 Å². The van der Waals surface area contributed by atoms with Gasteiger partial charge in [0.25, 0.3) is 0 Å². The Bertz CT molecular complexity index is 632. The molecule has 0 radical (unpaired) electrons. The van der Waals surface area contributed by atoms with Gasteiger partial charge in [-0.3, -0.25) is 9.59 Å². The number of benzene rings is 1. The Morgan fingerprint density at radius 2 is 1.67 bits per heavy atom. The van der Waals surface area contributed by atoms with Crippen molar-refractivity contribution < 1.29 is 9.59 Å². The molecule has 0 aromatic heterocycles. The van der Waals surface area contributed by atoms with Gasteiger partial charge in [-0.25, -0.2) is 0 Å². The van der Waals surface area contributed by atoms with Gasteiger partial charge in [-0.1, -0.05) is 6.42 Å². The van der Waals surface area contributed by atoms with E-state index in [-0.39, 0.29) is 5.78 Å². The Hall–Kier alpha value is -1.84. The number of ketones is 1. The third-order valence-electron chi connectivity index (χ3n) is 6.29. The quantitative estimate of drug-likeness (QED) is 0.802. The third-order valence-corrected chi connectivity index (χ3v) is 6.29. The topological polar surface area (TPSA) is 40.6 Å². The maximum absolute atomic E-state index is 12.8. The lowest BCUT2D eigenvalue weighted by Gasteiger charge is -2.38. The Labute approximate surface area is 143 Å². The molecular formula is C20H26N2O2. The number of fused-ring (bicyclic) bond motifs is 2. The smallest absolute Gasteiger partial charge is 0.226 e. The molecule has 0 spiro atoms. The van der Waals surface area contributed by atoms with E-state index in [0.29, 0.717) is 17.7 Å². The summed E-state index contributed by atoms with van der Waals surface area (Å²) in [6, 6.07) is 7.82. The van der Waals surface area contributed by atoms with Gasteiger partial charge in [0.15, 0.2) is 5.78 Å². The first-order valence-electron chi connectivity index (χ1n) is 9.26. The third kappa shape index (κ3) is 2.83. The molecule has 1 saturated heterocycles. The zero-order valence-electron chi connectivity index (χ0n) is 14.4. The highest BCUT2D eigenvalue weighted by Crippen LogP contribution is 2.48. The minimum Gasteiger partial charge on any atom is -0.368 e. The first kappa shape index (κ1) is 15.7. The molecule has 1 aromatic carbocycles. The summed E-state index contributed by atoms with van der Waals surface area (Å²) in [6.07, 6.45) is 5.04. The highest BCUT2D eigenvalue weighted by atomic mass is 16.2. The molecule has 4 heteroatoms. The second-order valence-electron chi connectivity index (χ2n) is 7.70. The normalized spacial score (nSPS) is 29.1. The van der Waals surface area contributed by atoms with E-state index in [0.717, 1.165) is 49.8 Å². The number of nitrogens with zero attached hydrogens (tertiary/aromatic N) is 2. The molecular weight excluding hydrogens is 300 g/mol. The van der Waals surface area contributed by atoms with Crippen LogP contribution < -0.4 is 4.90 Å². The van der Waals surface area contributed by atoms with Crippen molar-refractivity contribution in [2.75, 3.05) is 31.1 Å². The molecule has 3 fully saturated rings. The molecule has 24 heavy (non-hydrogen) atoms. The van der Waals surface area contributed by atoms with Gasteiger partial charge < -0.3 is 9.80 Å².